The van der Waals surface area contributed by atoms with Crippen LogP contribution in [0.15, 0.2) is 70.2 Å². The fourth-order valence-corrected chi connectivity index (χ4v) is 4.61. The highest BCUT2D eigenvalue weighted by Gasteiger charge is 2.16. The summed E-state index contributed by atoms with van der Waals surface area (Å²) < 4.78 is 18.5. The summed E-state index contributed by atoms with van der Waals surface area (Å²) in [6.45, 7) is 4.73. The Labute approximate surface area is 214 Å². The molecule has 0 aliphatic carbocycles. The zero-order chi connectivity index (χ0) is 25.5. The van der Waals surface area contributed by atoms with E-state index in [0.717, 1.165) is 28.0 Å². The van der Waals surface area contributed by atoms with Gasteiger partial charge in [-0.05, 0) is 31.0 Å². The van der Waals surface area contributed by atoms with Crippen LogP contribution >= 0.6 is 11.8 Å². The number of aromatic nitrogens is 3. The lowest BCUT2D eigenvalue weighted by atomic mass is 10.1. The summed E-state index contributed by atoms with van der Waals surface area (Å²) in [6.07, 6.45) is 1.51. The van der Waals surface area contributed by atoms with E-state index in [-0.39, 0.29) is 12.4 Å². The number of rotatable bonds is 11. The number of anilines is 1. The van der Waals surface area contributed by atoms with Crippen molar-refractivity contribution < 1.29 is 14.0 Å². The van der Waals surface area contributed by atoms with Crippen LogP contribution in [0.5, 0.6) is 0 Å². The first-order valence-corrected chi connectivity index (χ1v) is 12.7. The summed E-state index contributed by atoms with van der Waals surface area (Å²) in [4.78, 5) is 10.2. The maximum atomic E-state index is 13.0. The lowest BCUT2D eigenvalue weighted by Gasteiger charge is -2.10. The number of nitrogens with one attached hydrogen (secondary N) is 1. The molecule has 0 saturated heterocycles. The van der Waals surface area contributed by atoms with Crippen LogP contribution in [-0.4, -0.2) is 44.8 Å². The van der Waals surface area contributed by atoms with E-state index in [1.807, 2.05) is 48.5 Å². The number of aliphatic hydroxyl groups excluding tert-OH is 1. The van der Waals surface area contributed by atoms with Gasteiger partial charge in [0.05, 0.1) is 11.9 Å². The molecule has 2 unspecified atom stereocenters. The fourth-order valence-electron chi connectivity index (χ4n) is 3.63. The lowest BCUT2D eigenvalue weighted by molar-refractivity contribution is 0.289. The van der Waals surface area contributed by atoms with E-state index >= 15 is 0 Å². The third kappa shape index (κ3) is 6.69. The predicted molar refractivity (Wildman–Crippen MR) is 142 cm³/mol. The molecule has 0 radical (unpaired) electrons. The molecule has 4 N–H and O–H groups in total. The normalized spacial score (nSPS) is 13.0. The molecule has 0 amide bonds. The average Bonchev–Trinajstić information content (AvgIpc) is 3.35. The van der Waals surface area contributed by atoms with Gasteiger partial charge in [0.1, 0.15) is 11.9 Å². The van der Waals surface area contributed by atoms with Crippen LogP contribution in [0.4, 0.5) is 10.2 Å². The molecule has 2 heterocycles. The smallest absolute Gasteiger partial charge is 0.189 e. The van der Waals surface area contributed by atoms with Crippen molar-refractivity contribution in [1.29, 1.82) is 0 Å². The van der Waals surface area contributed by atoms with Crippen LogP contribution in [0.3, 0.4) is 0 Å². The fraction of sp³-hybridized carbons (Fsp3) is 0.296. The highest BCUT2D eigenvalue weighted by molar-refractivity contribution is 7.99. The topological polar surface area (TPSA) is 110 Å². The standard InChI is InChI=1S/C27H30FN5O2S/c1-17(28)14-30-15-19-3-5-20(6-4-19)23-13-25(35-33-23)26-27(29)31-16-24(32-26)21-7-9-22(10-8-21)36-18(2)11-12-34/h3-10,13,16-18,30,34H,11-12,14-15H2,1-2H3,(H2,29,31). The number of hydrogen-bond donors (Lipinski definition) is 3. The summed E-state index contributed by atoms with van der Waals surface area (Å²) >= 11 is 1.72. The molecule has 188 valence electrons. The maximum Gasteiger partial charge on any atom is 0.189 e. The number of alkyl halides is 1. The molecule has 2 atom stereocenters. The van der Waals surface area contributed by atoms with Gasteiger partial charge in [0, 0.05) is 47.0 Å². The quantitative estimate of drug-likeness (QED) is 0.233. The van der Waals surface area contributed by atoms with E-state index in [2.05, 4.69) is 22.4 Å². The molecule has 0 fully saturated rings. The van der Waals surface area contributed by atoms with E-state index < -0.39 is 6.17 Å². The lowest BCUT2D eigenvalue weighted by Crippen LogP contribution is -2.21. The van der Waals surface area contributed by atoms with Crippen LogP contribution in [0.2, 0.25) is 0 Å². The molecular weight excluding hydrogens is 477 g/mol. The van der Waals surface area contributed by atoms with E-state index in [1.54, 1.807) is 24.0 Å². The molecule has 0 aliphatic rings. The minimum atomic E-state index is -0.878. The monoisotopic (exact) mass is 507 g/mol. The molecule has 0 bridgehead atoms. The number of nitrogens with zero attached hydrogens (tertiary/aromatic N) is 3. The molecule has 0 spiro atoms. The predicted octanol–water partition coefficient (Wildman–Crippen LogP) is 5.36. The summed E-state index contributed by atoms with van der Waals surface area (Å²) in [6, 6.07) is 17.7. The number of hydrogen-bond acceptors (Lipinski definition) is 8. The second kappa shape index (κ2) is 12.1. The van der Waals surface area contributed by atoms with E-state index in [0.29, 0.717) is 41.2 Å². The third-order valence-corrected chi connectivity index (χ3v) is 6.75. The Morgan fingerprint density at radius 3 is 2.44 bits per heavy atom. The molecular formula is C27H30FN5O2S. The molecule has 4 rings (SSSR count). The molecule has 2 aromatic heterocycles. The molecule has 0 aliphatic heterocycles. The first-order chi connectivity index (χ1) is 17.4. The van der Waals surface area contributed by atoms with Crippen molar-refractivity contribution in [2.24, 2.45) is 0 Å². The van der Waals surface area contributed by atoms with Gasteiger partial charge >= 0.3 is 0 Å². The van der Waals surface area contributed by atoms with Crippen molar-refractivity contribution in [3.63, 3.8) is 0 Å². The van der Waals surface area contributed by atoms with Crippen molar-refractivity contribution >= 4 is 17.6 Å². The van der Waals surface area contributed by atoms with Gasteiger partial charge < -0.3 is 20.7 Å². The highest BCUT2D eigenvalue weighted by Crippen LogP contribution is 2.31. The summed E-state index contributed by atoms with van der Waals surface area (Å²) in [5, 5.41) is 16.7. The molecule has 0 saturated carbocycles. The van der Waals surface area contributed by atoms with Crippen molar-refractivity contribution in [2.45, 2.75) is 43.1 Å². The van der Waals surface area contributed by atoms with Gasteiger partial charge in [-0.2, -0.15) is 0 Å². The van der Waals surface area contributed by atoms with E-state index in [9.17, 15) is 4.39 Å². The van der Waals surface area contributed by atoms with Crippen molar-refractivity contribution in [2.75, 3.05) is 18.9 Å². The van der Waals surface area contributed by atoms with Crippen LogP contribution in [0.1, 0.15) is 25.8 Å². The van der Waals surface area contributed by atoms with Crippen LogP contribution in [0, 0.1) is 0 Å². The molecule has 2 aromatic carbocycles. The SMILES string of the molecule is CC(F)CNCc1ccc(-c2cc(-c3nc(-c4ccc(SC(C)CCO)cc4)cnc3N)on2)cc1. The Kier molecular flexibility index (Phi) is 8.69. The zero-order valence-corrected chi connectivity index (χ0v) is 21.1. The minimum Gasteiger partial charge on any atom is -0.396 e. The van der Waals surface area contributed by atoms with Gasteiger partial charge in [-0.15, -0.1) is 11.8 Å². The first-order valence-electron chi connectivity index (χ1n) is 11.8. The third-order valence-electron chi connectivity index (χ3n) is 5.57. The number of halogens is 1. The van der Waals surface area contributed by atoms with Crippen molar-refractivity contribution in [3.05, 3.63) is 66.4 Å². The Balaban J connectivity index is 1.49. The Hall–Kier alpha value is -3.27. The van der Waals surface area contributed by atoms with Gasteiger partial charge in [-0.3, -0.25) is 0 Å². The Morgan fingerprint density at radius 2 is 1.75 bits per heavy atom. The minimum absolute atomic E-state index is 0.184. The molecule has 4 aromatic rings. The van der Waals surface area contributed by atoms with E-state index in [1.165, 1.54) is 6.92 Å². The summed E-state index contributed by atoms with van der Waals surface area (Å²) in [5.74, 6) is 0.694. The van der Waals surface area contributed by atoms with Crippen LogP contribution < -0.4 is 11.1 Å². The van der Waals surface area contributed by atoms with Gasteiger partial charge in [0.15, 0.2) is 17.3 Å². The average molecular weight is 508 g/mol. The second-order valence-corrected chi connectivity index (χ2v) is 10.2. The zero-order valence-electron chi connectivity index (χ0n) is 20.3. The van der Waals surface area contributed by atoms with Gasteiger partial charge in [-0.25, -0.2) is 14.4 Å². The Bertz CT molecular complexity index is 1260. The summed E-state index contributed by atoms with van der Waals surface area (Å²) in [7, 11) is 0. The number of nitrogen functional groups attached to an aromatic ring is 1. The first kappa shape index (κ1) is 25.8. The van der Waals surface area contributed by atoms with Gasteiger partial charge in [0.2, 0.25) is 0 Å². The van der Waals surface area contributed by atoms with E-state index in [4.69, 9.17) is 20.3 Å². The number of benzene rings is 2. The van der Waals surface area contributed by atoms with Gasteiger partial charge in [0.25, 0.3) is 0 Å². The highest BCUT2D eigenvalue weighted by atomic mass is 32.2. The summed E-state index contributed by atoms with van der Waals surface area (Å²) in [5.41, 5.74) is 10.7. The van der Waals surface area contributed by atoms with Crippen LogP contribution in [0.25, 0.3) is 34.0 Å². The molecule has 9 heteroatoms. The number of aliphatic hydroxyl groups is 1. The number of nitrogens with two attached hydrogens (primary N) is 1. The van der Waals surface area contributed by atoms with Crippen LogP contribution in [-0.2, 0) is 6.54 Å². The maximum absolute atomic E-state index is 13.0. The molecule has 36 heavy (non-hydrogen) atoms. The van der Waals surface area contributed by atoms with Gasteiger partial charge in [-0.1, -0.05) is 48.5 Å². The largest absolute Gasteiger partial charge is 0.396 e. The molecule has 7 nitrogen and oxygen atoms in total. The van der Waals surface area contributed by atoms with Crippen molar-refractivity contribution in [1.82, 2.24) is 20.4 Å². The Morgan fingerprint density at radius 1 is 1.06 bits per heavy atom. The number of thioether (sulfide) groups is 1. The second-order valence-electron chi connectivity index (χ2n) is 8.64. The van der Waals surface area contributed by atoms with Crippen molar-refractivity contribution in [3.8, 4) is 34.0 Å².